The van der Waals surface area contributed by atoms with Crippen molar-refractivity contribution in [1.29, 1.82) is 0 Å². The minimum atomic E-state index is 0.547. The highest BCUT2D eigenvalue weighted by molar-refractivity contribution is 5.04. The van der Waals surface area contributed by atoms with Crippen LogP contribution in [0.1, 0.15) is 31.4 Å². The van der Waals surface area contributed by atoms with Crippen molar-refractivity contribution in [2.75, 3.05) is 13.1 Å². The van der Waals surface area contributed by atoms with Gasteiger partial charge in [-0.25, -0.2) is 0 Å². The van der Waals surface area contributed by atoms with Crippen LogP contribution in [0.5, 0.6) is 0 Å². The molecule has 2 heterocycles. The summed E-state index contributed by atoms with van der Waals surface area (Å²) in [6, 6.07) is 0. The Labute approximate surface area is 85.0 Å². The maximum Gasteiger partial charge on any atom is 0.0617 e. The third-order valence-electron chi connectivity index (χ3n) is 3.14. The zero-order valence-corrected chi connectivity index (χ0v) is 8.61. The predicted octanol–water partition coefficient (Wildman–Crippen LogP) is 1.58. The van der Waals surface area contributed by atoms with Crippen molar-refractivity contribution in [1.82, 2.24) is 15.3 Å². The molecule has 1 aromatic rings. The molecule has 0 radical (unpaired) electrons. The first-order valence-corrected chi connectivity index (χ1v) is 5.34. The Morgan fingerprint density at radius 1 is 1.36 bits per heavy atom. The lowest BCUT2D eigenvalue weighted by atomic mass is 9.84. The molecule has 3 nitrogen and oxygen atoms in total. The lowest BCUT2D eigenvalue weighted by Crippen LogP contribution is -2.30. The molecule has 0 aliphatic carbocycles. The Morgan fingerprint density at radius 2 is 2.14 bits per heavy atom. The molecule has 14 heavy (non-hydrogen) atoms. The summed E-state index contributed by atoms with van der Waals surface area (Å²) in [5.41, 5.74) is 1.14. The van der Waals surface area contributed by atoms with Gasteiger partial charge in [0, 0.05) is 24.5 Å². The molecule has 1 aromatic heterocycles. The van der Waals surface area contributed by atoms with Gasteiger partial charge in [0.25, 0.3) is 0 Å². The van der Waals surface area contributed by atoms with Gasteiger partial charge in [0.05, 0.1) is 5.69 Å². The smallest absolute Gasteiger partial charge is 0.0617 e. The van der Waals surface area contributed by atoms with Crippen molar-refractivity contribution >= 4 is 0 Å². The van der Waals surface area contributed by atoms with E-state index in [0.717, 1.165) is 24.7 Å². The summed E-state index contributed by atoms with van der Waals surface area (Å²) in [5.74, 6) is 1.32. The number of nitrogens with one attached hydrogen (secondary N) is 1. The van der Waals surface area contributed by atoms with Crippen LogP contribution in [0.15, 0.2) is 18.6 Å². The van der Waals surface area contributed by atoms with Crippen LogP contribution in [0.25, 0.3) is 0 Å². The molecule has 1 saturated heterocycles. The van der Waals surface area contributed by atoms with Gasteiger partial charge in [-0.05, 0) is 31.8 Å². The topological polar surface area (TPSA) is 37.8 Å². The molecule has 0 spiro atoms. The second-order valence-electron chi connectivity index (χ2n) is 4.01. The third-order valence-corrected chi connectivity index (χ3v) is 3.14. The highest BCUT2D eigenvalue weighted by atomic mass is 14.9. The highest BCUT2D eigenvalue weighted by Crippen LogP contribution is 2.28. The second kappa shape index (κ2) is 4.51. The van der Waals surface area contributed by atoms with E-state index in [1.54, 1.807) is 12.4 Å². The van der Waals surface area contributed by atoms with E-state index >= 15 is 0 Å². The third kappa shape index (κ3) is 2.10. The maximum atomic E-state index is 4.37. The predicted molar refractivity (Wildman–Crippen MR) is 56.0 cm³/mol. The van der Waals surface area contributed by atoms with E-state index < -0.39 is 0 Å². The first-order valence-electron chi connectivity index (χ1n) is 5.34. The van der Waals surface area contributed by atoms with Crippen LogP contribution >= 0.6 is 0 Å². The molecule has 1 aliphatic heterocycles. The number of hydrogen-bond donors (Lipinski definition) is 1. The standard InChI is InChI=1S/C11H17N3/c1-9(10-2-4-12-5-3-10)11-8-13-6-7-14-11/h6-10,12H,2-5H2,1H3. The van der Waals surface area contributed by atoms with Gasteiger partial charge in [0.1, 0.15) is 0 Å². The Hall–Kier alpha value is -0.960. The lowest BCUT2D eigenvalue weighted by Gasteiger charge is -2.27. The van der Waals surface area contributed by atoms with Gasteiger partial charge in [0.2, 0.25) is 0 Å². The quantitative estimate of drug-likeness (QED) is 0.771. The summed E-state index contributed by atoms with van der Waals surface area (Å²) in [4.78, 5) is 8.49. The summed E-state index contributed by atoms with van der Waals surface area (Å²) in [7, 11) is 0. The van der Waals surface area contributed by atoms with Gasteiger partial charge in [-0.2, -0.15) is 0 Å². The fraction of sp³-hybridized carbons (Fsp3) is 0.636. The fourth-order valence-electron chi connectivity index (χ4n) is 2.13. The van der Waals surface area contributed by atoms with Crippen molar-refractivity contribution in [2.24, 2.45) is 5.92 Å². The molecule has 0 saturated carbocycles. The molecule has 1 atom stereocenters. The van der Waals surface area contributed by atoms with Crippen LogP contribution in [0.3, 0.4) is 0 Å². The van der Waals surface area contributed by atoms with E-state index in [0.29, 0.717) is 5.92 Å². The number of rotatable bonds is 2. The molecule has 0 aromatic carbocycles. The summed E-state index contributed by atoms with van der Waals surface area (Å²) >= 11 is 0. The van der Waals surface area contributed by atoms with Gasteiger partial charge >= 0.3 is 0 Å². The lowest BCUT2D eigenvalue weighted by molar-refractivity contribution is 0.326. The van der Waals surface area contributed by atoms with Gasteiger partial charge in [-0.15, -0.1) is 0 Å². The monoisotopic (exact) mass is 191 g/mol. The SMILES string of the molecule is CC(c1cnccn1)C1CCNCC1. The number of piperidine rings is 1. The van der Waals surface area contributed by atoms with Crippen LogP contribution in [-0.2, 0) is 0 Å². The molecule has 1 fully saturated rings. The molecule has 76 valence electrons. The van der Waals surface area contributed by atoms with Crippen LogP contribution in [0.4, 0.5) is 0 Å². The summed E-state index contributed by atoms with van der Waals surface area (Å²) in [6.07, 6.45) is 7.94. The molecule has 3 heteroatoms. The van der Waals surface area contributed by atoms with E-state index in [-0.39, 0.29) is 0 Å². The summed E-state index contributed by atoms with van der Waals surface area (Å²) in [6.45, 7) is 4.56. The molecule has 2 rings (SSSR count). The number of hydrogen-bond acceptors (Lipinski definition) is 3. The zero-order chi connectivity index (χ0) is 9.80. The highest BCUT2D eigenvalue weighted by Gasteiger charge is 2.21. The van der Waals surface area contributed by atoms with Gasteiger partial charge in [-0.1, -0.05) is 6.92 Å². The van der Waals surface area contributed by atoms with E-state index in [4.69, 9.17) is 0 Å². The minimum Gasteiger partial charge on any atom is -0.317 e. The zero-order valence-electron chi connectivity index (χ0n) is 8.61. The van der Waals surface area contributed by atoms with Crippen LogP contribution in [0, 0.1) is 5.92 Å². The van der Waals surface area contributed by atoms with Gasteiger partial charge in [0.15, 0.2) is 0 Å². The number of aromatic nitrogens is 2. The van der Waals surface area contributed by atoms with Crippen molar-refractivity contribution in [3.8, 4) is 0 Å². The van der Waals surface area contributed by atoms with E-state index in [1.165, 1.54) is 12.8 Å². The van der Waals surface area contributed by atoms with Crippen molar-refractivity contribution in [2.45, 2.75) is 25.7 Å². The molecule has 1 aliphatic rings. The van der Waals surface area contributed by atoms with E-state index in [2.05, 4.69) is 22.2 Å². The Balaban J connectivity index is 2.03. The average Bonchev–Trinajstić information content (AvgIpc) is 2.30. The maximum absolute atomic E-state index is 4.37. The Morgan fingerprint density at radius 3 is 2.79 bits per heavy atom. The first-order chi connectivity index (χ1) is 6.88. The largest absolute Gasteiger partial charge is 0.317 e. The van der Waals surface area contributed by atoms with Crippen LogP contribution < -0.4 is 5.32 Å². The molecule has 1 unspecified atom stereocenters. The minimum absolute atomic E-state index is 0.547. The van der Waals surface area contributed by atoms with E-state index in [1.807, 2.05) is 6.20 Å². The van der Waals surface area contributed by atoms with Crippen molar-refractivity contribution in [3.63, 3.8) is 0 Å². The van der Waals surface area contributed by atoms with E-state index in [9.17, 15) is 0 Å². The van der Waals surface area contributed by atoms with Gasteiger partial charge < -0.3 is 5.32 Å². The average molecular weight is 191 g/mol. The molecule has 0 amide bonds. The van der Waals surface area contributed by atoms with Crippen molar-refractivity contribution < 1.29 is 0 Å². The second-order valence-corrected chi connectivity index (χ2v) is 4.01. The first kappa shape index (κ1) is 9.59. The molecular formula is C11H17N3. The van der Waals surface area contributed by atoms with Gasteiger partial charge in [-0.3, -0.25) is 9.97 Å². The Kier molecular flexibility index (Phi) is 3.09. The Bertz CT molecular complexity index is 267. The van der Waals surface area contributed by atoms with Crippen LogP contribution in [0.2, 0.25) is 0 Å². The van der Waals surface area contributed by atoms with Crippen molar-refractivity contribution in [3.05, 3.63) is 24.3 Å². The molecule has 0 bridgehead atoms. The normalized spacial score (nSPS) is 20.6. The van der Waals surface area contributed by atoms with Crippen LogP contribution in [-0.4, -0.2) is 23.1 Å². The number of nitrogens with zero attached hydrogens (tertiary/aromatic N) is 2. The molecular weight excluding hydrogens is 174 g/mol. The fourth-order valence-corrected chi connectivity index (χ4v) is 2.13. The summed E-state index contributed by atoms with van der Waals surface area (Å²) < 4.78 is 0. The molecule has 1 N–H and O–H groups in total. The summed E-state index contributed by atoms with van der Waals surface area (Å²) in [5, 5.41) is 3.39.